The third-order valence-electron chi connectivity index (χ3n) is 2.88. The highest BCUT2D eigenvalue weighted by Crippen LogP contribution is 2.29. The van der Waals surface area contributed by atoms with Gasteiger partial charge in [-0.3, -0.25) is 0 Å². The van der Waals surface area contributed by atoms with E-state index in [0.717, 1.165) is 6.42 Å². The van der Waals surface area contributed by atoms with Gasteiger partial charge in [-0.2, -0.15) is 0 Å². The van der Waals surface area contributed by atoms with E-state index in [0.29, 0.717) is 0 Å². The summed E-state index contributed by atoms with van der Waals surface area (Å²) >= 11 is 0. The van der Waals surface area contributed by atoms with Gasteiger partial charge in [0.05, 0.1) is 0 Å². The lowest BCUT2D eigenvalue weighted by Crippen LogP contribution is -1.98. The Balaban J connectivity index is 5.70. The van der Waals surface area contributed by atoms with Crippen molar-refractivity contribution in [2.45, 2.75) is 61.8 Å². The van der Waals surface area contributed by atoms with E-state index in [-0.39, 0.29) is 0 Å². The van der Waals surface area contributed by atoms with Crippen molar-refractivity contribution in [1.29, 1.82) is 0 Å². The quantitative estimate of drug-likeness (QED) is 0.540. The van der Waals surface area contributed by atoms with E-state index in [1.54, 1.807) is 0 Å². The molecule has 0 fully saturated rings. The summed E-state index contributed by atoms with van der Waals surface area (Å²) in [5, 5.41) is 0. The molecule has 0 bridgehead atoms. The molecule has 0 aromatic carbocycles. The molecule has 0 unspecified atom stereocenters. The Morgan fingerprint density at radius 3 is 1.33 bits per heavy atom. The highest BCUT2D eigenvalue weighted by Gasteiger charge is 2.09. The van der Waals surface area contributed by atoms with Crippen molar-refractivity contribution in [3.05, 3.63) is 33.4 Å². The maximum absolute atomic E-state index is 2.24. The van der Waals surface area contributed by atoms with Gasteiger partial charge < -0.3 is 0 Å². The molecular formula is C15H26. The zero-order valence-corrected chi connectivity index (χ0v) is 11.7. The van der Waals surface area contributed by atoms with E-state index < -0.39 is 0 Å². The van der Waals surface area contributed by atoms with E-state index in [9.17, 15) is 0 Å². The molecule has 0 aliphatic heterocycles. The van der Waals surface area contributed by atoms with Crippen LogP contribution in [0.2, 0.25) is 0 Å². The van der Waals surface area contributed by atoms with Crippen LogP contribution in [0.4, 0.5) is 0 Å². The van der Waals surface area contributed by atoms with Crippen molar-refractivity contribution in [3.63, 3.8) is 0 Å². The van der Waals surface area contributed by atoms with Crippen LogP contribution >= 0.6 is 0 Å². The predicted octanol–water partition coefficient (Wildman–Crippen LogP) is 5.43. The Morgan fingerprint density at radius 2 is 1.13 bits per heavy atom. The standard InChI is InChI=1S/C15H26/c1-9-14(11(4)5)15(12(6)7)13(8)10(2)3/h9H2,1-8H3. The largest absolute Gasteiger partial charge is 0.0729 e. The summed E-state index contributed by atoms with van der Waals surface area (Å²) in [6, 6.07) is 0. The first-order valence-corrected chi connectivity index (χ1v) is 5.81. The number of allylic oxidation sites excluding steroid dienone is 6. The van der Waals surface area contributed by atoms with Crippen LogP contribution in [0.5, 0.6) is 0 Å². The first kappa shape index (κ1) is 14.2. The summed E-state index contributed by atoms with van der Waals surface area (Å²) in [6.45, 7) is 17.7. The molecule has 0 saturated carbocycles. The molecule has 0 rings (SSSR count). The van der Waals surface area contributed by atoms with Crippen LogP contribution in [0.3, 0.4) is 0 Å². The minimum absolute atomic E-state index is 1.12. The van der Waals surface area contributed by atoms with Crippen LogP contribution in [0, 0.1) is 0 Å². The van der Waals surface area contributed by atoms with Crippen molar-refractivity contribution in [2.24, 2.45) is 0 Å². The van der Waals surface area contributed by atoms with Gasteiger partial charge in [-0.25, -0.2) is 0 Å². The zero-order valence-electron chi connectivity index (χ0n) is 11.7. The van der Waals surface area contributed by atoms with E-state index in [4.69, 9.17) is 0 Å². The van der Waals surface area contributed by atoms with Gasteiger partial charge >= 0.3 is 0 Å². The smallest absolute Gasteiger partial charge is 0.0210 e. The van der Waals surface area contributed by atoms with Crippen molar-refractivity contribution >= 4 is 0 Å². The summed E-state index contributed by atoms with van der Waals surface area (Å²) in [5.74, 6) is 0. The molecule has 0 radical (unpaired) electrons. The third-order valence-corrected chi connectivity index (χ3v) is 2.88. The highest BCUT2D eigenvalue weighted by molar-refractivity contribution is 5.50. The fraction of sp³-hybridized carbons (Fsp3) is 0.600. The number of hydrogen-bond donors (Lipinski definition) is 0. The van der Waals surface area contributed by atoms with E-state index >= 15 is 0 Å². The minimum atomic E-state index is 1.12. The molecular weight excluding hydrogens is 180 g/mol. The van der Waals surface area contributed by atoms with E-state index in [1.807, 2.05) is 0 Å². The van der Waals surface area contributed by atoms with Crippen molar-refractivity contribution in [2.75, 3.05) is 0 Å². The van der Waals surface area contributed by atoms with Gasteiger partial charge in [0, 0.05) is 0 Å². The molecule has 0 saturated heterocycles. The molecule has 0 spiro atoms. The van der Waals surface area contributed by atoms with Crippen LogP contribution in [-0.2, 0) is 0 Å². The average Bonchev–Trinajstić information content (AvgIpc) is 2.11. The van der Waals surface area contributed by atoms with Gasteiger partial charge in [0.1, 0.15) is 0 Å². The first-order chi connectivity index (χ1) is 6.82. The van der Waals surface area contributed by atoms with Gasteiger partial charge in [0.15, 0.2) is 0 Å². The topological polar surface area (TPSA) is 0 Å². The second kappa shape index (κ2) is 5.95. The van der Waals surface area contributed by atoms with Crippen LogP contribution in [0.1, 0.15) is 61.8 Å². The Bertz CT molecular complexity index is 310. The van der Waals surface area contributed by atoms with Crippen molar-refractivity contribution in [3.8, 4) is 0 Å². The summed E-state index contributed by atoms with van der Waals surface area (Å²) in [5.41, 5.74) is 8.69. The van der Waals surface area contributed by atoms with E-state index in [1.165, 1.54) is 33.4 Å². The Hall–Kier alpha value is -0.780. The molecule has 15 heavy (non-hydrogen) atoms. The van der Waals surface area contributed by atoms with Crippen molar-refractivity contribution < 1.29 is 0 Å². The SMILES string of the molecule is CCC(=C(C)C)C(=C(C)C)C(C)=C(C)C. The van der Waals surface area contributed by atoms with Crippen LogP contribution in [0.15, 0.2) is 33.4 Å². The molecule has 0 aromatic heterocycles. The fourth-order valence-electron chi connectivity index (χ4n) is 1.93. The predicted molar refractivity (Wildman–Crippen MR) is 71.1 cm³/mol. The van der Waals surface area contributed by atoms with Gasteiger partial charge in [0.25, 0.3) is 0 Å². The summed E-state index contributed by atoms with van der Waals surface area (Å²) in [7, 11) is 0. The fourth-order valence-corrected chi connectivity index (χ4v) is 1.93. The Morgan fingerprint density at radius 1 is 0.667 bits per heavy atom. The molecule has 86 valence electrons. The molecule has 0 heteroatoms. The molecule has 0 aliphatic rings. The zero-order chi connectivity index (χ0) is 12.2. The van der Waals surface area contributed by atoms with Crippen LogP contribution < -0.4 is 0 Å². The second-order valence-corrected chi connectivity index (χ2v) is 4.83. The van der Waals surface area contributed by atoms with Gasteiger partial charge in [-0.15, -0.1) is 0 Å². The molecule has 0 aromatic rings. The molecule has 0 amide bonds. The van der Waals surface area contributed by atoms with Crippen LogP contribution in [-0.4, -0.2) is 0 Å². The van der Waals surface area contributed by atoms with Gasteiger partial charge in [-0.1, -0.05) is 23.6 Å². The maximum atomic E-state index is 2.24. The van der Waals surface area contributed by atoms with E-state index in [2.05, 4.69) is 55.4 Å². The lowest BCUT2D eigenvalue weighted by atomic mass is 9.88. The summed E-state index contributed by atoms with van der Waals surface area (Å²) in [6.07, 6.45) is 1.12. The van der Waals surface area contributed by atoms with Crippen molar-refractivity contribution in [1.82, 2.24) is 0 Å². The molecule has 0 heterocycles. The highest BCUT2D eigenvalue weighted by atomic mass is 14.1. The monoisotopic (exact) mass is 206 g/mol. The molecule has 0 N–H and O–H groups in total. The number of hydrogen-bond acceptors (Lipinski definition) is 0. The lowest BCUT2D eigenvalue weighted by molar-refractivity contribution is 1.03. The molecule has 0 aliphatic carbocycles. The van der Waals surface area contributed by atoms with Gasteiger partial charge in [-0.05, 0) is 71.6 Å². The first-order valence-electron chi connectivity index (χ1n) is 5.81. The minimum Gasteiger partial charge on any atom is -0.0729 e. The maximum Gasteiger partial charge on any atom is -0.0210 e. The normalized spacial score (nSPS) is 9.60. The third kappa shape index (κ3) is 3.70. The Kier molecular flexibility index (Phi) is 5.64. The Labute approximate surface area is 95.8 Å². The van der Waals surface area contributed by atoms with Crippen LogP contribution in [0.25, 0.3) is 0 Å². The molecule has 0 atom stereocenters. The lowest BCUT2D eigenvalue weighted by Gasteiger charge is -2.17. The summed E-state index contributed by atoms with van der Waals surface area (Å²) in [4.78, 5) is 0. The number of rotatable bonds is 3. The average molecular weight is 206 g/mol. The summed E-state index contributed by atoms with van der Waals surface area (Å²) < 4.78 is 0. The van der Waals surface area contributed by atoms with Gasteiger partial charge in [0.2, 0.25) is 0 Å². The molecule has 0 nitrogen and oxygen atoms in total. The second-order valence-electron chi connectivity index (χ2n) is 4.83.